The van der Waals surface area contributed by atoms with Crippen LogP contribution in [-0.2, 0) is 9.53 Å². The Morgan fingerprint density at radius 1 is 1.38 bits per heavy atom. The molecule has 0 aromatic heterocycles. The normalized spacial score (nSPS) is 16.0. The summed E-state index contributed by atoms with van der Waals surface area (Å²) in [4.78, 5) is 12.0. The molecule has 1 unspecified atom stereocenters. The van der Waals surface area contributed by atoms with E-state index in [1.54, 1.807) is 19.2 Å². The van der Waals surface area contributed by atoms with Crippen LogP contribution in [0.1, 0.15) is 0 Å². The molecule has 8 heteroatoms. The SMILES string of the molecule is COCCNC(=S)NNC(=O)C1COc2ccccc2O1. The number of hydrogen-bond acceptors (Lipinski definition) is 5. The number of benzene rings is 1. The van der Waals surface area contributed by atoms with E-state index in [-0.39, 0.29) is 12.5 Å². The molecule has 1 atom stereocenters. The number of carbonyl (C=O) groups excluding carboxylic acids is 1. The molecule has 1 heterocycles. The van der Waals surface area contributed by atoms with E-state index in [4.69, 9.17) is 26.4 Å². The van der Waals surface area contributed by atoms with Gasteiger partial charge in [-0.2, -0.15) is 0 Å². The first-order chi connectivity index (χ1) is 10.2. The number of rotatable bonds is 4. The third-order valence-corrected chi connectivity index (χ3v) is 2.94. The van der Waals surface area contributed by atoms with Crippen LogP contribution in [0, 0.1) is 0 Å². The molecule has 0 aliphatic carbocycles. The number of carbonyl (C=O) groups is 1. The third kappa shape index (κ3) is 4.47. The van der Waals surface area contributed by atoms with Crippen molar-refractivity contribution in [3.63, 3.8) is 0 Å². The van der Waals surface area contributed by atoms with E-state index in [1.807, 2.05) is 12.1 Å². The Kier molecular flexibility index (Phi) is 5.59. The summed E-state index contributed by atoms with van der Waals surface area (Å²) in [5.41, 5.74) is 5.06. The second-order valence-electron chi connectivity index (χ2n) is 4.23. The molecule has 2 rings (SSSR count). The van der Waals surface area contributed by atoms with Gasteiger partial charge in [-0.1, -0.05) is 12.1 Å². The summed E-state index contributed by atoms with van der Waals surface area (Å²) in [6.45, 7) is 1.22. The monoisotopic (exact) mass is 311 g/mol. The van der Waals surface area contributed by atoms with E-state index < -0.39 is 6.10 Å². The van der Waals surface area contributed by atoms with Crippen LogP contribution in [0.5, 0.6) is 11.5 Å². The molecular weight excluding hydrogens is 294 g/mol. The van der Waals surface area contributed by atoms with Crippen LogP contribution in [-0.4, -0.2) is 44.0 Å². The molecule has 1 aromatic carbocycles. The summed E-state index contributed by atoms with van der Waals surface area (Å²) in [5.74, 6) is 0.816. The molecule has 0 fully saturated rings. The summed E-state index contributed by atoms with van der Waals surface area (Å²) in [7, 11) is 1.60. The van der Waals surface area contributed by atoms with Gasteiger partial charge in [0.05, 0.1) is 6.61 Å². The molecule has 0 bridgehead atoms. The van der Waals surface area contributed by atoms with E-state index in [2.05, 4.69) is 16.2 Å². The first-order valence-corrected chi connectivity index (χ1v) is 6.82. The van der Waals surface area contributed by atoms with Gasteiger partial charge in [0.1, 0.15) is 6.61 Å². The minimum atomic E-state index is -0.728. The zero-order valence-electron chi connectivity index (χ0n) is 11.5. The van der Waals surface area contributed by atoms with Gasteiger partial charge in [0, 0.05) is 13.7 Å². The highest BCUT2D eigenvalue weighted by Gasteiger charge is 2.27. The van der Waals surface area contributed by atoms with Gasteiger partial charge in [-0.05, 0) is 24.4 Å². The van der Waals surface area contributed by atoms with Crippen LogP contribution in [0.15, 0.2) is 24.3 Å². The van der Waals surface area contributed by atoms with Crippen molar-refractivity contribution >= 4 is 23.2 Å². The molecule has 1 amide bonds. The van der Waals surface area contributed by atoms with Crippen LogP contribution in [0.4, 0.5) is 0 Å². The summed E-state index contributed by atoms with van der Waals surface area (Å²) >= 11 is 4.99. The van der Waals surface area contributed by atoms with Crippen molar-refractivity contribution < 1.29 is 19.0 Å². The van der Waals surface area contributed by atoms with E-state index in [0.29, 0.717) is 29.8 Å². The van der Waals surface area contributed by atoms with Gasteiger partial charge in [-0.25, -0.2) is 0 Å². The first-order valence-electron chi connectivity index (χ1n) is 6.42. The van der Waals surface area contributed by atoms with Crippen molar-refractivity contribution in [2.45, 2.75) is 6.10 Å². The lowest BCUT2D eigenvalue weighted by atomic mass is 10.2. The molecule has 21 heavy (non-hydrogen) atoms. The first kappa shape index (κ1) is 15.3. The maximum absolute atomic E-state index is 12.0. The van der Waals surface area contributed by atoms with Crippen molar-refractivity contribution in [3.8, 4) is 11.5 Å². The Morgan fingerprint density at radius 2 is 2.14 bits per heavy atom. The summed E-state index contributed by atoms with van der Waals surface area (Å²) < 4.78 is 15.9. The highest BCUT2D eigenvalue weighted by molar-refractivity contribution is 7.80. The second kappa shape index (κ2) is 7.65. The van der Waals surface area contributed by atoms with Gasteiger partial charge >= 0.3 is 0 Å². The van der Waals surface area contributed by atoms with Crippen molar-refractivity contribution in [2.24, 2.45) is 0 Å². The maximum atomic E-state index is 12.0. The van der Waals surface area contributed by atoms with Gasteiger partial charge in [0.2, 0.25) is 6.10 Å². The molecule has 114 valence electrons. The Bertz CT molecular complexity index is 512. The predicted molar refractivity (Wildman–Crippen MR) is 80.1 cm³/mol. The van der Waals surface area contributed by atoms with Crippen molar-refractivity contribution in [3.05, 3.63) is 24.3 Å². The molecule has 0 saturated carbocycles. The van der Waals surface area contributed by atoms with Gasteiger partial charge in [-0.3, -0.25) is 15.6 Å². The van der Waals surface area contributed by atoms with Crippen LogP contribution >= 0.6 is 12.2 Å². The highest BCUT2D eigenvalue weighted by Crippen LogP contribution is 2.30. The quantitative estimate of drug-likeness (QED) is 0.409. The lowest BCUT2D eigenvalue weighted by molar-refractivity contribution is -0.130. The smallest absolute Gasteiger partial charge is 0.283 e. The third-order valence-electron chi connectivity index (χ3n) is 2.69. The van der Waals surface area contributed by atoms with Crippen molar-refractivity contribution in [1.82, 2.24) is 16.2 Å². The Balaban J connectivity index is 1.76. The zero-order valence-corrected chi connectivity index (χ0v) is 12.4. The van der Waals surface area contributed by atoms with Gasteiger partial charge in [0.15, 0.2) is 16.6 Å². The summed E-state index contributed by atoms with van der Waals surface area (Å²) in [5, 5.41) is 3.17. The summed E-state index contributed by atoms with van der Waals surface area (Å²) in [6.07, 6.45) is -0.728. The average Bonchev–Trinajstić information content (AvgIpc) is 2.52. The highest BCUT2D eigenvalue weighted by atomic mass is 32.1. The number of fused-ring (bicyclic) bond motifs is 1. The number of hydrazine groups is 1. The molecular formula is C13H17N3O4S. The standard InChI is InChI=1S/C13H17N3O4S/c1-18-7-6-14-13(21)16-15-12(17)11-8-19-9-4-2-3-5-10(9)20-11/h2-5,11H,6-8H2,1H3,(H,15,17)(H2,14,16,21). The lowest BCUT2D eigenvalue weighted by Crippen LogP contribution is -2.53. The zero-order chi connectivity index (χ0) is 15.1. The van der Waals surface area contributed by atoms with E-state index in [0.717, 1.165) is 0 Å². The Hall–Kier alpha value is -2.06. The largest absolute Gasteiger partial charge is 0.485 e. The fraction of sp³-hybridized carbons (Fsp3) is 0.385. The fourth-order valence-electron chi connectivity index (χ4n) is 1.66. The lowest BCUT2D eigenvalue weighted by Gasteiger charge is -2.25. The number of para-hydroxylation sites is 2. The molecule has 1 aromatic rings. The number of amides is 1. The molecule has 0 radical (unpaired) electrons. The number of thiocarbonyl (C=S) groups is 1. The van der Waals surface area contributed by atoms with E-state index in [1.165, 1.54) is 0 Å². The predicted octanol–water partition coefficient (Wildman–Crippen LogP) is -0.0319. The van der Waals surface area contributed by atoms with Crippen molar-refractivity contribution in [2.75, 3.05) is 26.9 Å². The topological polar surface area (TPSA) is 80.9 Å². The van der Waals surface area contributed by atoms with Crippen LogP contribution in [0.3, 0.4) is 0 Å². The maximum Gasteiger partial charge on any atom is 0.283 e. The van der Waals surface area contributed by atoms with E-state index in [9.17, 15) is 4.79 Å². The fourth-order valence-corrected chi connectivity index (χ4v) is 1.81. The molecule has 0 spiro atoms. The van der Waals surface area contributed by atoms with Crippen molar-refractivity contribution in [1.29, 1.82) is 0 Å². The Labute approximate surface area is 127 Å². The van der Waals surface area contributed by atoms with Crippen LogP contribution < -0.4 is 25.6 Å². The number of ether oxygens (including phenoxy) is 3. The van der Waals surface area contributed by atoms with Gasteiger partial charge < -0.3 is 19.5 Å². The molecule has 7 nitrogen and oxygen atoms in total. The van der Waals surface area contributed by atoms with Gasteiger partial charge in [0.25, 0.3) is 5.91 Å². The molecule has 1 aliphatic rings. The van der Waals surface area contributed by atoms with E-state index >= 15 is 0 Å². The summed E-state index contributed by atoms with van der Waals surface area (Å²) in [6, 6.07) is 7.19. The minimum absolute atomic E-state index is 0.147. The number of hydrogen-bond donors (Lipinski definition) is 3. The van der Waals surface area contributed by atoms with Gasteiger partial charge in [-0.15, -0.1) is 0 Å². The Morgan fingerprint density at radius 3 is 2.90 bits per heavy atom. The average molecular weight is 311 g/mol. The molecule has 1 aliphatic heterocycles. The molecule has 0 saturated heterocycles. The minimum Gasteiger partial charge on any atom is -0.485 e. The second-order valence-corrected chi connectivity index (χ2v) is 4.64. The van der Waals surface area contributed by atoms with Crippen LogP contribution in [0.2, 0.25) is 0 Å². The number of methoxy groups -OCH3 is 1. The number of nitrogens with one attached hydrogen (secondary N) is 3. The van der Waals surface area contributed by atoms with Crippen LogP contribution in [0.25, 0.3) is 0 Å². The molecule has 3 N–H and O–H groups in total.